The highest BCUT2D eigenvalue weighted by molar-refractivity contribution is 6.31. The number of ether oxygens (including phenoxy) is 2. The van der Waals surface area contributed by atoms with E-state index in [2.05, 4.69) is 5.32 Å². The molecule has 0 bridgehead atoms. The number of fused-ring (bicyclic) bond motifs is 1. The van der Waals surface area contributed by atoms with Gasteiger partial charge in [0.05, 0.1) is 6.42 Å². The third-order valence-corrected chi connectivity index (χ3v) is 4.21. The summed E-state index contributed by atoms with van der Waals surface area (Å²) >= 11 is 6.23. The van der Waals surface area contributed by atoms with Crippen LogP contribution in [-0.4, -0.2) is 25.0 Å². The van der Waals surface area contributed by atoms with Crippen molar-refractivity contribution in [3.8, 4) is 11.5 Å². The maximum atomic E-state index is 12.4. The number of carbonyl (C=O) groups excluding carboxylic acids is 2. The second-order valence-corrected chi connectivity index (χ2v) is 6.11. The number of nitrogens with two attached hydrogens (primary N) is 1. The van der Waals surface area contributed by atoms with Crippen molar-refractivity contribution in [2.45, 2.75) is 13.3 Å². The van der Waals surface area contributed by atoms with Gasteiger partial charge in [-0.25, -0.2) is 0 Å². The molecule has 0 atom stereocenters. The average molecular weight is 361 g/mol. The first-order valence-electron chi connectivity index (χ1n) is 7.72. The maximum Gasteiger partial charge on any atom is 0.248 e. The summed E-state index contributed by atoms with van der Waals surface area (Å²) in [5, 5.41) is 3.22. The van der Waals surface area contributed by atoms with Crippen LogP contribution in [0.2, 0.25) is 5.02 Å². The molecule has 0 saturated heterocycles. The second kappa shape index (κ2) is 7.03. The first-order chi connectivity index (χ1) is 11.9. The van der Waals surface area contributed by atoms with E-state index >= 15 is 0 Å². The number of primary amides is 1. The van der Waals surface area contributed by atoms with E-state index in [0.717, 1.165) is 5.56 Å². The van der Waals surface area contributed by atoms with E-state index in [4.69, 9.17) is 26.8 Å². The smallest absolute Gasteiger partial charge is 0.248 e. The quantitative estimate of drug-likeness (QED) is 0.877. The Balaban J connectivity index is 1.77. The van der Waals surface area contributed by atoms with Crippen LogP contribution in [0.1, 0.15) is 21.5 Å². The highest BCUT2D eigenvalue weighted by Gasteiger charge is 2.17. The van der Waals surface area contributed by atoms with Crippen molar-refractivity contribution in [3.63, 3.8) is 0 Å². The third-order valence-electron chi connectivity index (χ3n) is 3.86. The predicted octanol–water partition coefficient (Wildman–Crippen LogP) is 2.70. The number of halogens is 1. The molecule has 1 heterocycles. The Labute approximate surface area is 149 Å². The van der Waals surface area contributed by atoms with Crippen molar-refractivity contribution in [1.29, 1.82) is 0 Å². The van der Waals surface area contributed by atoms with Crippen LogP contribution < -0.4 is 20.5 Å². The summed E-state index contributed by atoms with van der Waals surface area (Å²) in [6.45, 7) is 2.76. The van der Waals surface area contributed by atoms with Gasteiger partial charge < -0.3 is 20.5 Å². The molecule has 6 nitrogen and oxygen atoms in total. The molecule has 0 spiro atoms. The summed E-state index contributed by atoms with van der Waals surface area (Å²) < 4.78 is 11.0. The molecule has 0 unspecified atom stereocenters. The van der Waals surface area contributed by atoms with Crippen molar-refractivity contribution in [3.05, 3.63) is 52.0 Å². The average Bonchev–Trinajstić information content (AvgIpc) is 2.57. The molecule has 3 rings (SSSR count). The summed E-state index contributed by atoms with van der Waals surface area (Å²) in [7, 11) is 0. The van der Waals surface area contributed by atoms with Crippen LogP contribution in [0.5, 0.6) is 11.5 Å². The third kappa shape index (κ3) is 3.85. The zero-order valence-corrected chi connectivity index (χ0v) is 14.4. The fourth-order valence-electron chi connectivity index (χ4n) is 2.52. The summed E-state index contributed by atoms with van der Waals surface area (Å²) in [4.78, 5) is 23.7. The highest BCUT2D eigenvalue weighted by atomic mass is 35.5. The van der Waals surface area contributed by atoms with E-state index in [9.17, 15) is 9.59 Å². The minimum atomic E-state index is -0.551. The van der Waals surface area contributed by atoms with Crippen LogP contribution in [0, 0.1) is 6.92 Å². The molecule has 0 radical (unpaired) electrons. The van der Waals surface area contributed by atoms with Gasteiger partial charge >= 0.3 is 0 Å². The molecule has 2 aromatic rings. The second-order valence-electron chi connectivity index (χ2n) is 5.71. The molecule has 3 N–H and O–H groups in total. The van der Waals surface area contributed by atoms with Gasteiger partial charge in [0, 0.05) is 22.3 Å². The van der Waals surface area contributed by atoms with Gasteiger partial charge in [-0.05, 0) is 36.2 Å². The van der Waals surface area contributed by atoms with Crippen molar-refractivity contribution in [2.24, 2.45) is 5.73 Å². The van der Waals surface area contributed by atoms with Gasteiger partial charge in [-0.15, -0.1) is 0 Å². The zero-order chi connectivity index (χ0) is 18.0. The monoisotopic (exact) mass is 360 g/mol. The SMILES string of the molecule is Cc1ccc(C(N)=O)cc1NC(=O)Cc1cc2c(cc1Cl)OCCO2. The number of aryl methyl sites for hydroxylation is 1. The van der Waals surface area contributed by atoms with Gasteiger partial charge in [0.2, 0.25) is 11.8 Å². The Bertz CT molecular complexity index is 851. The molecule has 0 aromatic heterocycles. The number of rotatable bonds is 4. The lowest BCUT2D eigenvalue weighted by Crippen LogP contribution is -2.18. The molecule has 2 aromatic carbocycles. The van der Waals surface area contributed by atoms with Crippen molar-refractivity contribution in [2.75, 3.05) is 18.5 Å². The largest absolute Gasteiger partial charge is 0.486 e. The van der Waals surface area contributed by atoms with Crippen molar-refractivity contribution in [1.82, 2.24) is 0 Å². The van der Waals surface area contributed by atoms with Gasteiger partial charge in [-0.1, -0.05) is 17.7 Å². The Kier molecular flexibility index (Phi) is 4.81. The Morgan fingerprint density at radius 3 is 2.52 bits per heavy atom. The Morgan fingerprint density at radius 2 is 1.84 bits per heavy atom. The topological polar surface area (TPSA) is 90.7 Å². The van der Waals surface area contributed by atoms with E-state index < -0.39 is 5.91 Å². The molecule has 2 amide bonds. The minimum absolute atomic E-state index is 0.0652. The van der Waals surface area contributed by atoms with Crippen LogP contribution in [0.4, 0.5) is 5.69 Å². The van der Waals surface area contributed by atoms with Gasteiger partial charge in [0.25, 0.3) is 0 Å². The van der Waals surface area contributed by atoms with Crippen LogP contribution in [0.3, 0.4) is 0 Å². The molecule has 0 aliphatic carbocycles. The summed E-state index contributed by atoms with van der Waals surface area (Å²) in [5.41, 5.74) is 7.60. The number of hydrogen-bond donors (Lipinski definition) is 2. The standard InChI is InChI=1S/C18H17ClN2O4/c1-10-2-3-11(18(20)23)6-14(10)21-17(22)8-12-7-15-16(9-13(12)19)25-5-4-24-15/h2-3,6-7,9H,4-5,8H2,1H3,(H2,20,23)(H,21,22). The fourth-order valence-corrected chi connectivity index (χ4v) is 2.74. The van der Waals surface area contributed by atoms with E-state index in [1.165, 1.54) is 0 Å². The molecule has 0 fully saturated rings. The number of carbonyl (C=O) groups is 2. The Hall–Kier alpha value is -2.73. The molecule has 130 valence electrons. The molecule has 1 aliphatic heterocycles. The Morgan fingerprint density at radius 1 is 1.16 bits per heavy atom. The van der Waals surface area contributed by atoms with Crippen LogP contribution in [0.15, 0.2) is 30.3 Å². The van der Waals surface area contributed by atoms with E-state index in [0.29, 0.717) is 46.5 Å². The van der Waals surface area contributed by atoms with Crippen molar-refractivity contribution < 1.29 is 19.1 Å². The first-order valence-corrected chi connectivity index (χ1v) is 8.10. The van der Waals surface area contributed by atoms with Gasteiger partial charge in [0.1, 0.15) is 13.2 Å². The van der Waals surface area contributed by atoms with Gasteiger partial charge in [0.15, 0.2) is 11.5 Å². The number of nitrogens with one attached hydrogen (secondary N) is 1. The molecule has 25 heavy (non-hydrogen) atoms. The van der Waals surface area contributed by atoms with E-state index in [1.807, 2.05) is 6.92 Å². The summed E-state index contributed by atoms with van der Waals surface area (Å²) in [6.07, 6.45) is 0.0652. The fraction of sp³-hybridized carbons (Fsp3) is 0.222. The highest BCUT2D eigenvalue weighted by Crippen LogP contribution is 2.35. The summed E-state index contributed by atoms with van der Waals surface area (Å²) in [6, 6.07) is 8.26. The van der Waals surface area contributed by atoms with Gasteiger partial charge in [-0.3, -0.25) is 9.59 Å². The predicted molar refractivity (Wildman–Crippen MR) is 94.5 cm³/mol. The summed E-state index contributed by atoms with van der Waals surface area (Å²) in [5.74, 6) is 0.337. The van der Waals surface area contributed by atoms with Crippen molar-refractivity contribution >= 4 is 29.1 Å². The number of anilines is 1. The zero-order valence-electron chi connectivity index (χ0n) is 13.6. The van der Waals surface area contributed by atoms with E-state index in [1.54, 1.807) is 30.3 Å². The van der Waals surface area contributed by atoms with Crippen LogP contribution >= 0.6 is 11.6 Å². The lowest BCUT2D eigenvalue weighted by atomic mass is 10.1. The molecule has 0 saturated carbocycles. The molecule has 7 heteroatoms. The lowest BCUT2D eigenvalue weighted by Gasteiger charge is -2.19. The number of hydrogen-bond acceptors (Lipinski definition) is 4. The lowest BCUT2D eigenvalue weighted by molar-refractivity contribution is -0.115. The van der Waals surface area contributed by atoms with Crippen LogP contribution in [0.25, 0.3) is 0 Å². The molecular weight excluding hydrogens is 344 g/mol. The molecule has 1 aliphatic rings. The van der Waals surface area contributed by atoms with Crippen LogP contribution in [-0.2, 0) is 11.2 Å². The van der Waals surface area contributed by atoms with E-state index in [-0.39, 0.29) is 12.3 Å². The first kappa shape index (κ1) is 17.1. The molecular formula is C18H17ClN2O4. The minimum Gasteiger partial charge on any atom is -0.486 e. The number of amides is 2. The number of benzene rings is 2. The maximum absolute atomic E-state index is 12.4. The normalized spacial score (nSPS) is 12.6. The van der Waals surface area contributed by atoms with Gasteiger partial charge in [-0.2, -0.15) is 0 Å².